The van der Waals surface area contributed by atoms with Gasteiger partial charge in [0.2, 0.25) is 9.47 Å². The third-order valence-corrected chi connectivity index (χ3v) is 4.29. The van der Waals surface area contributed by atoms with E-state index in [1.807, 2.05) is 12.1 Å². The molecular weight excluding hydrogens is 334 g/mol. The number of thiophene rings is 1. The summed E-state index contributed by atoms with van der Waals surface area (Å²) in [5.41, 5.74) is 0. The Morgan fingerprint density at radius 1 is 1.44 bits per heavy atom. The van der Waals surface area contributed by atoms with E-state index in [2.05, 4.69) is 31.4 Å². The first-order valence-corrected chi connectivity index (χ1v) is 6.97. The van der Waals surface area contributed by atoms with E-state index in [0.29, 0.717) is 6.54 Å². The van der Waals surface area contributed by atoms with Crippen LogP contribution < -0.4 is 5.32 Å². The van der Waals surface area contributed by atoms with Gasteiger partial charge < -0.3 is 5.32 Å². The molecule has 1 N–H and O–H groups in total. The smallest absolute Gasteiger partial charge is 0.282 e. The van der Waals surface area contributed by atoms with Crippen LogP contribution in [0, 0.1) is 0 Å². The van der Waals surface area contributed by atoms with Crippen LogP contribution in [0.5, 0.6) is 0 Å². The van der Waals surface area contributed by atoms with Crippen LogP contribution in [0.25, 0.3) is 0 Å². The molecular formula is C8H5BrClN3OS2. The highest BCUT2D eigenvalue weighted by molar-refractivity contribution is 9.11. The minimum atomic E-state index is -0.256. The zero-order valence-corrected chi connectivity index (χ0v) is 11.7. The lowest BCUT2D eigenvalue weighted by atomic mass is 10.4. The van der Waals surface area contributed by atoms with Crippen LogP contribution >= 0.6 is 50.2 Å². The topological polar surface area (TPSA) is 54.9 Å². The van der Waals surface area contributed by atoms with Crippen molar-refractivity contribution in [2.24, 2.45) is 0 Å². The molecule has 1 amide bonds. The number of halogens is 2. The molecule has 2 aromatic heterocycles. The highest BCUT2D eigenvalue weighted by Crippen LogP contribution is 2.22. The summed E-state index contributed by atoms with van der Waals surface area (Å²) < 4.78 is 1.31. The molecule has 84 valence electrons. The van der Waals surface area contributed by atoms with Crippen molar-refractivity contribution in [1.82, 2.24) is 15.5 Å². The van der Waals surface area contributed by atoms with Gasteiger partial charge in [0.25, 0.3) is 5.91 Å². The normalized spacial score (nSPS) is 10.4. The van der Waals surface area contributed by atoms with Crippen molar-refractivity contribution in [3.8, 4) is 0 Å². The minimum Gasteiger partial charge on any atom is -0.345 e. The van der Waals surface area contributed by atoms with Crippen molar-refractivity contribution in [3.05, 3.63) is 30.3 Å². The average Bonchev–Trinajstić information content (AvgIpc) is 2.84. The van der Waals surface area contributed by atoms with Gasteiger partial charge in [-0.3, -0.25) is 4.79 Å². The predicted octanol–water partition coefficient (Wildman–Crippen LogP) is 2.95. The number of aromatic nitrogens is 2. The second-order valence-corrected chi connectivity index (χ2v) is 6.86. The zero-order valence-electron chi connectivity index (χ0n) is 7.74. The van der Waals surface area contributed by atoms with Gasteiger partial charge in [-0.25, -0.2) is 0 Å². The first-order valence-electron chi connectivity index (χ1n) is 4.16. The van der Waals surface area contributed by atoms with Crippen LogP contribution in [0.3, 0.4) is 0 Å². The predicted molar refractivity (Wildman–Crippen MR) is 68.1 cm³/mol. The largest absolute Gasteiger partial charge is 0.345 e. The van der Waals surface area contributed by atoms with E-state index in [4.69, 9.17) is 11.6 Å². The molecule has 8 heteroatoms. The molecule has 2 heterocycles. The Morgan fingerprint density at radius 3 is 2.81 bits per heavy atom. The quantitative estimate of drug-likeness (QED) is 0.936. The summed E-state index contributed by atoms with van der Waals surface area (Å²) in [4.78, 5) is 12.6. The summed E-state index contributed by atoms with van der Waals surface area (Å²) in [6, 6.07) is 3.89. The average molecular weight is 339 g/mol. The van der Waals surface area contributed by atoms with E-state index in [1.54, 1.807) is 11.3 Å². The number of hydrogen-bond acceptors (Lipinski definition) is 5. The molecule has 0 bridgehead atoms. The highest BCUT2D eigenvalue weighted by Gasteiger charge is 2.11. The van der Waals surface area contributed by atoms with Gasteiger partial charge in [0.05, 0.1) is 10.3 Å². The van der Waals surface area contributed by atoms with Crippen molar-refractivity contribution in [2.75, 3.05) is 0 Å². The molecule has 0 aliphatic heterocycles. The lowest BCUT2D eigenvalue weighted by Gasteiger charge is -1.98. The zero-order chi connectivity index (χ0) is 11.5. The monoisotopic (exact) mass is 337 g/mol. The number of nitrogens with zero attached hydrogens (tertiary/aromatic N) is 2. The molecule has 0 aliphatic carbocycles. The third kappa shape index (κ3) is 3.00. The minimum absolute atomic E-state index is 0.256. The molecule has 0 aromatic carbocycles. The van der Waals surface area contributed by atoms with Crippen molar-refractivity contribution in [3.63, 3.8) is 0 Å². The molecule has 0 saturated carbocycles. The van der Waals surface area contributed by atoms with Gasteiger partial charge in [0, 0.05) is 4.88 Å². The second kappa shape index (κ2) is 5.22. The van der Waals surface area contributed by atoms with Crippen LogP contribution in [0.4, 0.5) is 0 Å². The van der Waals surface area contributed by atoms with Crippen molar-refractivity contribution in [1.29, 1.82) is 0 Å². The molecule has 2 aromatic rings. The fourth-order valence-electron chi connectivity index (χ4n) is 0.987. The Balaban J connectivity index is 1.93. The second-order valence-electron chi connectivity index (χ2n) is 2.75. The molecule has 0 saturated heterocycles. The molecule has 0 atom stereocenters. The number of amides is 1. The molecule has 2 rings (SSSR count). The molecule has 0 fully saturated rings. The van der Waals surface area contributed by atoms with E-state index in [1.165, 1.54) is 0 Å². The number of hydrogen-bond donors (Lipinski definition) is 1. The maximum absolute atomic E-state index is 11.6. The number of carbonyl (C=O) groups excluding carboxylic acids is 1. The van der Waals surface area contributed by atoms with E-state index >= 15 is 0 Å². The maximum atomic E-state index is 11.6. The van der Waals surface area contributed by atoms with E-state index < -0.39 is 0 Å². The van der Waals surface area contributed by atoms with E-state index in [0.717, 1.165) is 20.0 Å². The fraction of sp³-hybridized carbons (Fsp3) is 0.125. The Morgan fingerprint density at radius 2 is 2.25 bits per heavy atom. The van der Waals surface area contributed by atoms with Crippen molar-refractivity contribution >= 4 is 56.1 Å². The van der Waals surface area contributed by atoms with Gasteiger partial charge in [0.1, 0.15) is 0 Å². The van der Waals surface area contributed by atoms with Crippen LogP contribution in [-0.4, -0.2) is 16.1 Å². The van der Waals surface area contributed by atoms with Gasteiger partial charge in [0.15, 0.2) is 0 Å². The summed E-state index contributed by atoms with van der Waals surface area (Å²) in [6.07, 6.45) is 0. The van der Waals surface area contributed by atoms with Gasteiger partial charge in [-0.05, 0) is 39.7 Å². The summed E-state index contributed by atoms with van der Waals surface area (Å²) in [5, 5.41) is 10.2. The Bertz CT molecular complexity index is 513. The molecule has 0 radical (unpaired) electrons. The van der Waals surface area contributed by atoms with Gasteiger partial charge in [-0.15, -0.1) is 21.5 Å². The van der Waals surface area contributed by atoms with Gasteiger partial charge >= 0.3 is 0 Å². The number of nitrogens with one attached hydrogen (secondary N) is 1. The van der Waals surface area contributed by atoms with Crippen molar-refractivity contribution < 1.29 is 4.79 Å². The molecule has 16 heavy (non-hydrogen) atoms. The van der Waals surface area contributed by atoms with Crippen molar-refractivity contribution in [2.45, 2.75) is 6.54 Å². The maximum Gasteiger partial charge on any atom is 0.282 e. The first kappa shape index (κ1) is 12.0. The fourth-order valence-corrected chi connectivity index (χ4v) is 3.15. The van der Waals surface area contributed by atoms with Crippen LogP contribution in [0.2, 0.25) is 4.47 Å². The number of rotatable bonds is 3. The van der Waals surface area contributed by atoms with Gasteiger partial charge in [-0.2, -0.15) is 0 Å². The van der Waals surface area contributed by atoms with Crippen LogP contribution in [-0.2, 0) is 6.54 Å². The summed E-state index contributed by atoms with van der Waals surface area (Å²) >= 11 is 11.6. The third-order valence-electron chi connectivity index (χ3n) is 1.65. The lowest BCUT2D eigenvalue weighted by Crippen LogP contribution is -2.22. The molecule has 0 aliphatic rings. The van der Waals surface area contributed by atoms with Crippen LogP contribution in [0.1, 0.15) is 14.7 Å². The van der Waals surface area contributed by atoms with E-state index in [9.17, 15) is 4.79 Å². The summed E-state index contributed by atoms with van der Waals surface area (Å²) in [5.74, 6) is -0.256. The molecule has 0 spiro atoms. The van der Waals surface area contributed by atoms with Gasteiger partial charge in [-0.1, -0.05) is 11.3 Å². The molecule has 0 unspecified atom stereocenters. The van der Waals surface area contributed by atoms with Crippen LogP contribution in [0.15, 0.2) is 15.9 Å². The Kier molecular flexibility index (Phi) is 3.91. The standard InChI is InChI=1S/C8H5BrClN3OS2/c9-5-2-1-4(15-5)3-11-6(14)7-12-13-8(10)16-7/h1-2H,3H2,(H,11,14). The molecule has 4 nitrogen and oxygen atoms in total. The SMILES string of the molecule is O=C(NCc1ccc(Br)s1)c1nnc(Cl)s1. The highest BCUT2D eigenvalue weighted by atomic mass is 79.9. The summed E-state index contributed by atoms with van der Waals surface area (Å²) in [7, 11) is 0. The summed E-state index contributed by atoms with van der Waals surface area (Å²) in [6.45, 7) is 0.478. The van der Waals surface area contributed by atoms with E-state index in [-0.39, 0.29) is 15.4 Å². The first-order chi connectivity index (χ1) is 7.65. The lowest BCUT2D eigenvalue weighted by molar-refractivity contribution is 0.0950. The Hall–Kier alpha value is -0.500. The Labute approximate surface area is 113 Å². The number of carbonyl (C=O) groups is 1.